The first-order chi connectivity index (χ1) is 15.8. The van der Waals surface area contributed by atoms with Crippen molar-refractivity contribution in [3.63, 3.8) is 0 Å². The van der Waals surface area contributed by atoms with Gasteiger partial charge in [-0.25, -0.2) is 4.57 Å². The number of ether oxygens (including phenoxy) is 1. The number of alkyl halides is 3. The van der Waals surface area contributed by atoms with E-state index in [9.17, 15) is 17.7 Å². The lowest BCUT2D eigenvalue weighted by atomic mass is 10.1. The van der Waals surface area contributed by atoms with Crippen LogP contribution in [0.15, 0.2) is 18.2 Å². The average molecular weight is 526 g/mol. The molecule has 8 nitrogen and oxygen atoms in total. The highest BCUT2D eigenvalue weighted by Gasteiger charge is 2.35. The van der Waals surface area contributed by atoms with Crippen LogP contribution in [0.5, 0.6) is 5.75 Å². The summed E-state index contributed by atoms with van der Waals surface area (Å²) in [4.78, 5) is 17.7. The molecule has 0 saturated carbocycles. The monoisotopic (exact) mass is 525 g/mol. The van der Waals surface area contributed by atoms with Crippen molar-refractivity contribution in [1.29, 1.82) is 0 Å². The summed E-state index contributed by atoms with van der Waals surface area (Å²) in [6, 6.07) is 3.67. The summed E-state index contributed by atoms with van der Waals surface area (Å²) < 4.78 is 61.8. The van der Waals surface area contributed by atoms with Gasteiger partial charge < -0.3 is 20.3 Å². The Morgan fingerprint density at radius 2 is 1.74 bits per heavy atom. The van der Waals surface area contributed by atoms with Gasteiger partial charge in [-0.2, -0.15) is 13.2 Å². The van der Waals surface area contributed by atoms with E-state index in [2.05, 4.69) is 21.6 Å². The maximum Gasteiger partial charge on any atom is 0.469 e. The zero-order chi connectivity index (χ0) is 25.4. The molecule has 0 fully saturated rings. The molecule has 2 aromatic rings. The molecular weight excluding hydrogens is 494 g/mol. The third kappa shape index (κ3) is 9.24. The zero-order valence-corrected chi connectivity index (χ0v) is 20.9. The van der Waals surface area contributed by atoms with Gasteiger partial charge in [-0.1, -0.05) is 56.8 Å². The minimum atomic E-state index is -4.75. The van der Waals surface area contributed by atoms with Crippen LogP contribution in [0.2, 0.25) is 0 Å². The van der Waals surface area contributed by atoms with Crippen molar-refractivity contribution in [3.05, 3.63) is 28.8 Å². The minimum Gasteiger partial charge on any atom is -0.493 e. The van der Waals surface area contributed by atoms with Crippen LogP contribution in [-0.2, 0) is 20.8 Å². The number of phosphoric ester groups is 1. The number of nitrogens with zero attached hydrogens (tertiary/aromatic N) is 2. The van der Waals surface area contributed by atoms with Crippen LogP contribution < -0.4 is 10.5 Å². The molecule has 0 aliphatic rings. The Balaban J connectivity index is 2.08. The van der Waals surface area contributed by atoms with E-state index in [1.54, 1.807) is 0 Å². The number of aromatic nitrogens is 2. The van der Waals surface area contributed by atoms with E-state index < -0.39 is 31.7 Å². The fourth-order valence-electron chi connectivity index (χ4n) is 3.10. The second-order valence-electron chi connectivity index (χ2n) is 8.27. The normalized spacial score (nSPS) is 14.2. The lowest BCUT2D eigenvalue weighted by Crippen LogP contribution is -2.37. The van der Waals surface area contributed by atoms with Gasteiger partial charge in [-0.05, 0) is 31.5 Å². The first-order valence-corrected chi connectivity index (χ1v) is 13.4. The van der Waals surface area contributed by atoms with Crippen LogP contribution in [0.3, 0.4) is 0 Å². The van der Waals surface area contributed by atoms with Gasteiger partial charge >= 0.3 is 14.0 Å². The predicted molar refractivity (Wildman–Crippen MR) is 123 cm³/mol. The van der Waals surface area contributed by atoms with Crippen molar-refractivity contribution in [2.75, 3.05) is 13.2 Å². The third-order valence-electron chi connectivity index (χ3n) is 4.98. The molecule has 0 amide bonds. The van der Waals surface area contributed by atoms with Gasteiger partial charge in [0.05, 0.1) is 24.3 Å². The molecule has 1 aromatic heterocycles. The second-order valence-corrected chi connectivity index (χ2v) is 10.5. The molecular formula is C21H31F3N3O5PS. The van der Waals surface area contributed by atoms with Crippen molar-refractivity contribution in [2.24, 2.45) is 5.73 Å². The lowest BCUT2D eigenvalue weighted by molar-refractivity contribution is -0.138. The van der Waals surface area contributed by atoms with E-state index in [-0.39, 0.29) is 27.9 Å². The molecule has 1 aromatic carbocycles. The van der Waals surface area contributed by atoms with Crippen LogP contribution in [-0.4, -0.2) is 33.2 Å². The highest BCUT2D eigenvalue weighted by Crippen LogP contribution is 2.41. The predicted octanol–water partition coefficient (Wildman–Crippen LogP) is 5.64. The molecule has 2 rings (SSSR count). The van der Waals surface area contributed by atoms with Gasteiger partial charge in [0.1, 0.15) is 15.8 Å². The Labute approximate surface area is 200 Å². The quantitative estimate of drug-likeness (QED) is 0.214. The molecule has 0 spiro atoms. The van der Waals surface area contributed by atoms with Gasteiger partial charge in [0.2, 0.25) is 0 Å². The van der Waals surface area contributed by atoms with Crippen molar-refractivity contribution >= 4 is 19.2 Å². The summed E-state index contributed by atoms with van der Waals surface area (Å²) in [5.74, 6) is -0.245. The average Bonchev–Trinajstić information content (AvgIpc) is 3.24. The zero-order valence-electron chi connectivity index (χ0n) is 19.2. The number of phosphoric acid groups is 1. The number of halogens is 3. The molecule has 13 heteroatoms. The summed E-state index contributed by atoms with van der Waals surface area (Å²) in [5, 5.41) is 8.10. The summed E-state index contributed by atoms with van der Waals surface area (Å²) in [6.07, 6.45) is 2.63. The highest BCUT2D eigenvalue weighted by atomic mass is 32.1. The summed E-state index contributed by atoms with van der Waals surface area (Å²) >= 11 is 0.913. The molecule has 0 radical (unpaired) electrons. The standard InChI is InChI=1S/C21H31F3N3O5PS/c1-3-4-5-6-7-8-9-12-31-17-11-10-15(13-16(17)21(22,23)24)18-26-27-19(34-18)20(2,25)14-32-33(28,29)30/h10-11,13H,3-9,12,14,25H2,1-2H3,(H2,28,29,30)/t20-/m0/s1. The van der Waals surface area contributed by atoms with E-state index in [0.717, 1.165) is 43.1 Å². The molecule has 1 heterocycles. The number of hydrogen-bond donors (Lipinski definition) is 3. The largest absolute Gasteiger partial charge is 0.493 e. The SMILES string of the molecule is CCCCCCCCCOc1ccc(-c2nnc([C@@](C)(N)COP(=O)(O)O)s2)cc1C(F)(F)F. The number of hydrogen-bond acceptors (Lipinski definition) is 7. The number of benzene rings is 1. The molecule has 192 valence electrons. The van der Waals surface area contributed by atoms with Gasteiger partial charge in [-0.15, -0.1) is 10.2 Å². The van der Waals surface area contributed by atoms with Crippen molar-refractivity contribution in [3.8, 4) is 16.3 Å². The topological polar surface area (TPSA) is 128 Å². The van der Waals surface area contributed by atoms with E-state index in [4.69, 9.17) is 20.3 Å². The number of unbranched alkanes of at least 4 members (excludes halogenated alkanes) is 6. The molecule has 0 bridgehead atoms. The molecule has 34 heavy (non-hydrogen) atoms. The number of rotatable bonds is 14. The molecule has 0 saturated heterocycles. The van der Waals surface area contributed by atoms with Crippen molar-refractivity contribution < 1.29 is 36.8 Å². The second kappa shape index (κ2) is 12.4. The van der Waals surface area contributed by atoms with E-state index >= 15 is 0 Å². The maximum atomic E-state index is 13.7. The maximum absolute atomic E-state index is 13.7. The van der Waals surface area contributed by atoms with Crippen LogP contribution >= 0.6 is 19.2 Å². The van der Waals surface area contributed by atoms with Crippen LogP contribution in [0.4, 0.5) is 13.2 Å². The van der Waals surface area contributed by atoms with Crippen molar-refractivity contribution in [2.45, 2.75) is 70.5 Å². The summed E-state index contributed by atoms with van der Waals surface area (Å²) in [5.41, 5.74) is 3.87. The fraction of sp³-hybridized carbons (Fsp3) is 0.619. The molecule has 4 N–H and O–H groups in total. The van der Waals surface area contributed by atoms with Gasteiger partial charge in [-0.3, -0.25) is 4.52 Å². The fourth-order valence-corrected chi connectivity index (χ4v) is 4.42. The Kier molecular flexibility index (Phi) is 10.5. The highest BCUT2D eigenvalue weighted by molar-refractivity contribution is 7.46. The molecule has 0 aliphatic heterocycles. The smallest absolute Gasteiger partial charge is 0.469 e. The van der Waals surface area contributed by atoms with Gasteiger partial charge in [0.15, 0.2) is 0 Å². The first kappa shape index (κ1) is 28.7. The number of nitrogens with two attached hydrogens (primary N) is 1. The molecule has 0 aliphatic carbocycles. The third-order valence-corrected chi connectivity index (χ3v) is 6.70. The van der Waals surface area contributed by atoms with E-state index in [1.807, 2.05) is 0 Å². The van der Waals surface area contributed by atoms with Crippen LogP contribution in [0.1, 0.15) is 69.4 Å². The van der Waals surface area contributed by atoms with Crippen LogP contribution in [0.25, 0.3) is 10.6 Å². The Morgan fingerprint density at radius 3 is 2.35 bits per heavy atom. The first-order valence-electron chi connectivity index (χ1n) is 11.0. The van der Waals surface area contributed by atoms with Crippen molar-refractivity contribution in [1.82, 2.24) is 10.2 Å². The Bertz CT molecular complexity index is 965. The summed E-state index contributed by atoms with van der Waals surface area (Å²) in [6.45, 7) is 3.21. The molecule has 1 atom stereocenters. The van der Waals surface area contributed by atoms with Gasteiger partial charge in [0.25, 0.3) is 0 Å². The van der Waals surface area contributed by atoms with E-state index in [1.165, 1.54) is 31.9 Å². The van der Waals surface area contributed by atoms with E-state index in [0.29, 0.717) is 6.42 Å². The Hall–Kier alpha value is -1.56. The van der Waals surface area contributed by atoms with Gasteiger partial charge in [0, 0.05) is 5.56 Å². The minimum absolute atomic E-state index is 0.156. The summed E-state index contributed by atoms with van der Waals surface area (Å²) in [7, 11) is -4.75. The van der Waals surface area contributed by atoms with Crippen LogP contribution in [0, 0.1) is 0 Å². The molecule has 0 unspecified atom stereocenters. The lowest BCUT2D eigenvalue weighted by Gasteiger charge is -2.21. The Morgan fingerprint density at radius 1 is 1.09 bits per heavy atom.